The molecule has 2 rings (SSSR count). The fraction of sp³-hybridized carbons (Fsp3) is 0.273. The number of benzene rings is 1. The van der Waals surface area contributed by atoms with Gasteiger partial charge in [-0.15, -0.1) is 10.2 Å². The van der Waals surface area contributed by atoms with Gasteiger partial charge in [-0.05, 0) is 6.92 Å². The molecule has 6 heteroatoms. The zero-order valence-electron chi connectivity index (χ0n) is 8.97. The van der Waals surface area contributed by atoms with E-state index in [1.54, 1.807) is 18.2 Å². The molecule has 1 unspecified atom stereocenters. The van der Waals surface area contributed by atoms with E-state index < -0.39 is 17.9 Å². The van der Waals surface area contributed by atoms with Gasteiger partial charge in [0, 0.05) is 5.56 Å². The number of carbonyl (C=O) groups excluding carboxylic acids is 1. The van der Waals surface area contributed by atoms with Crippen LogP contribution >= 0.6 is 0 Å². The first kappa shape index (κ1) is 11.5. The standard InChI is InChI=1S/C11H9F2N3O/c1-7-3-2-4-8(5-7)11(6-17)14-10(9(12)13)15-16-11/h2-6,9H,1H3. The van der Waals surface area contributed by atoms with Crippen LogP contribution in [0.5, 0.6) is 0 Å². The zero-order valence-corrected chi connectivity index (χ0v) is 8.97. The Bertz CT molecular complexity index is 513. The third-order valence-electron chi connectivity index (χ3n) is 2.39. The second-order valence-corrected chi connectivity index (χ2v) is 3.68. The molecule has 0 bridgehead atoms. The number of amidine groups is 1. The summed E-state index contributed by atoms with van der Waals surface area (Å²) in [6.07, 6.45) is -2.41. The fourth-order valence-corrected chi connectivity index (χ4v) is 1.55. The summed E-state index contributed by atoms with van der Waals surface area (Å²) in [5.74, 6) is -0.710. The van der Waals surface area contributed by atoms with Gasteiger partial charge in [-0.1, -0.05) is 29.8 Å². The van der Waals surface area contributed by atoms with Gasteiger partial charge < -0.3 is 0 Å². The molecule has 17 heavy (non-hydrogen) atoms. The van der Waals surface area contributed by atoms with E-state index in [1.807, 2.05) is 13.0 Å². The number of azo groups is 1. The van der Waals surface area contributed by atoms with E-state index in [-0.39, 0.29) is 0 Å². The summed E-state index contributed by atoms with van der Waals surface area (Å²) in [6.45, 7) is 1.83. The molecule has 0 spiro atoms. The van der Waals surface area contributed by atoms with Gasteiger partial charge in [0.1, 0.15) is 0 Å². The summed E-state index contributed by atoms with van der Waals surface area (Å²) in [5.41, 5.74) is -0.316. The van der Waals surface area contributed by atoms with Crippen LogP contribution < -0.4 is 0 Å². The van der Waals surface area contributed by atoms with Crippen molar-refractivity contribution in [2.45, 2.75) is 19.0 Å². The minimum Gasteiger partial charge on any atom is -0.298 e. The maximum Gasteiger partial charge on any atom is 0.298 e. The summed E-state index contributed by atoms with van der Waals surface area (Å²) in [4.78, 5) is 14.7. The van der Waals surface area contributed by atoms with E-state index in [9.17, 15) is 13.6 Å². The second-order valence-electron chi connectivity index (χ2n) is 3.68. The Balaban J connectivity index is 2.48. The third-order valence-corrected chi connectivity index (χ3v) is 2.39. The van der Waals surface area contributed by atoms with E-state index in [0.29, 0.717) is 11.8 Å². The highest BCUT2D eigenvalue weighted by molar-refractivity contribution is 5.90. The Labute approximate surface area is 96.1 Å². The van der Waals surface area contributed by atoms with Crippen molar-refractivity contribution in [3.8, 4) is 0 Å². The molecule has 88 valence electrons. The van der Waals surface area contributed by atoms with Crippen molar-refractivity contribution in [3.63, 3.8) is 0 Å². The second kappa shape index (κ2) is 4.12. The molecule has 0 radical (unpaired) electrons. The predicted molar refractivity (Wildman–Crippen MR) is 57.2 cm³/mol. The fourth-order valence-electron chi connectivity index (χ4n) is 1.55. The molecule has 1 aliphatic heterocycles. The Morgan fingerprint density at radius 1 is 1.41 bits per heavy atom. The van der Waals surface area contributed by atoms with Gasteiger partial charge in [0.15, 0.2) is 6.29 Å². The molecule has 0 N–H and O–H groups in total. The molecule has 0 saturated carbocycles. The molecule has 0 fully saturated rings. The molecule has 1 atom stereocenters. The lowest BCUT2D eigenvalue weighted by Crippen LogP contribution is -2.21. The van der Waals surface area contributed by atoms with Crippen LogP contribution in [0.3, 0.4) is 0 Å². The molecule has 1 aromatic carbocycles. The van der Waals surface area contributed by atoms with Crippen LogP contribution in [0.25, 0.3) is 0 Å². The Kier molecular flexibility index (Phi) is 2.79. The van der Waals surface area contributed by atoms with Crippen LogP contribution in [0.4, 0.5) is 8.78 Å². The molecule has 4 nitrogen and oxygen atoms in total. The van der Waals surface area contributed by atoms with Crippen molar-refractivity contribution in [3.05, 3.63) is 35.4 Å². The van der Waals surface area contributed by atoms with Gasteiger partial charge in [-0.3, -0.25) is 4.79 Å². The average Bonchev–Trinajstić information content (AvgIpc) is 2.75. The minimum absolute atomic E-state index is 0.417. The van der Waals surface area contributed by atoms with Crippen LogP contribution in [0.2, 0.25) is 0 Å². The molecule has 1 heterocycles. The molecular formula is C11H9F2N3O. The largest absolute Gasteiger partial charge is 0.298 e. The quantitative estimate of drug-likeness (QED) is 0.745. The van der Waals surface area contributed by atoms with E-state index in [4.69, 9.17) is 0 Å². The number of nitrogens with zero attached hydrogens (tertiary/aromatic N) is 3. The van der Waals surface area contributed by atoms with Crippen LogP contribution in [0.15, 0.2) is 39.5 Å². The van der Waals surface area contributed by atoms with Gasteiger partial charge >= 0.3 is 0 Å². The van der Waals surface area contributed by atoms with E-state index in [1.165, 1.54) is 0 Å². The normalized spacial score (nSPS) is 22.9. The maximum absolute atomic E-state index is 12.4. The van der Waals surface area contributed by atoms with Crippen molar-refractivity contribution in [1.29, 1.82) is 0 Å². The van der Waals surface area contributed by atoms with Gasteiger partial charge in [-0.25, -0.2) is 13.8 Å². The monoisotopic (exact) mass is 237 g/mol. The first-order valence-corrected chi connectivity index (χ1v) is 4.92. The van der Waals surface area contributed by atoms with E-state index >= 15 is 0 Å². The Morgan fingerprint density at radius 3 is 2.71 bits per heavy atom. The topological polar surface area (TPSA) is 54.1 Å². The molecule has 0 saturated heterocycles. The third kappa shape index (κ3) is 1.98. The van der Waals surface area contributed by atoms with Gasteiger partial charge in [0.2, 0.25) is 5.84 Å². The number of alkyl halides is 2. The number of hydrogen-bond donors (Lipinski definition) is 0. The number of rotatable bonds is 3. The first-order valence-electron chi connectivity index (χ1n) is 4.92. The highest BCUT2D eigenvalue weighted by Gasteiger charge is 2.38. The van der Waals surface area contributed by atoms with Crippen molar-refractivity contribution in [2.24, 2.45) is 15.2 Å². The summed E-state index contributed by atoms with van der Waals surface area (Å²) < 4.78 is 24.8. The summed E-state index contributed by atoms with van der Waals surface area (Å²) in [7, 11) is 0. The number of aryl methyl sites for hydroxylation is 1. The Morgan fingerprint density at radius 2 is 2.18 bits per heavy atom. The lowest BCUT2D eigenvalue weighted by Gasteiger charge is -2.14. The van der Waals surface area contributed by atoms with Gasteiger partial charge in [0.05, 0.1) is 0 Å². The predicted octanol–water partition coefficient (Wildman–Crippen LogP) is 2.48. The van der Waals surface area contributed by atoms with Crippen molar-refractivity contribution in [1.82, 2.24) is 0 Å². The van der Waals surface area contributed by atoms with Crippen LogP contribution in [0, 0.1) is 6.92 Å². The smallest absolute Gasteiger partial charge is 0.298 e. The molecule has 0 amide bonds. The van der Waals surface area contributed by atoms with Crippen molar-refractivity contribution >= 4 is 12.1 Å². The molecular weight excluding hydrogens is 228 g/mol. The molecule has 1 aliphatic rings. The lowest BCUT2D eigenvalue weighted by molar-refractivity contribution is -0.112. The maximum atomic E-state index is 12.4. The number of halogens is 2. The van der Waals surface area contributed by atoms with Crippen LogP contribution in [-0.4, -0.2) is 18.5 Å². The summed E-state index contributed by atoms with van der Waals surface area (Å²) in [6, 6.07) is 6.82. The van der Waals surface area contributed by atoms with Gasteiger partial charge in [0.25, 0.3) is 12.1 Å². The summed E-state index contributed by atoms with van der Waals surface area (Å²) >= 11 is 0. The molecule has 0 aromatic heterocycles. The molecule has 0 aliphatic carbocycles. The number of hydrogen-bond acceptors (Lipinski definition) is 4. The lowest BCUT2D eigenvalue weighted by atomic mass is 10.0. The zero-order chi connectivity index (χ0) is 12.5. The molecule has 1 aromatic rings. The van der Waals surface area contributed by atoms with Crippen molar-refractivity contribution < 1.29 is 13.6 Å². The first-order chi connectivity index (χ1) is 8.07. The van der Waals surface area contributed by atoms with Crippen LogP contribution in [0.1, 0.15) is 11.1 Å². The SMILES string of the molecule is Cc1cccc(C2(C=O)N=NC(C(F)F)=N2)c1. The Hall–Kier alpha value is -1.98. The number of carbonyl (C=O) groups is 1. The highest BCUT2D eigenvalue weighted by atomic mass is 19.3. The van der Waals surface area contributed by atoms with E-state index in [2.05, 4.69) is 15.2 Å². The summed E-state index contributed by atoms with van der Waals surface area (Å²) in [5, 5.41) is 6.83. The number of aliphatic imine (C=N–C) groups is 1. The van der Waals surface area contributed by atoms with E-state index in [0.717, 1.165) is 5.56 Å². The van der Waals surface area contributed by atoms with Crippen molar-refractivity contribution in [2.75, 3.05) is 0 Å². The van der Waals surface area contributed by atoms with Gasteiger partial charge in [-0.2, -0.15) is 0 Å². The minimum atomic E-state index is -2.83. The highest BCUT2D eigenvalue weighted by Crippen LogP contribution is 2.31. The van der Waals surface area contributed by atoms with Crippen LogP contribution in [-0.2, 0) is 10.5 Å². The average molecular weight is 237 g/mol. The number of aldehydes is 1.